The highest BCUT2D eigenvalue weighted by atomic mass is 16.3. The van der Waals surface area contributed by atoms with Crippen molar-refractivity contribution in [3.63, 3.8) is 0 Å². The molecule has 0 N–H and O–H groups in total. The summed E-state index contributed by atoms with van der Waals surface area (Å²) >= 11 is 0. The molecular formula is C51H32N4O. The topological polar surface area (TPSA) is 55.1 Å². The van der Waals surface area contributed by atoms with E-state index in [1.807, 2.05) is 54.7 Å². The van der Waals surface area contributed by atoms with E-state index in [9.17, 15) is 0 Å². The van der Waals surface area contributed by atoms with Gasteiger partial charge >= 0.3 is 0 Å². The van der Waals surface area contributed by atoms with Gasteiger partial charge in [-0.15, -0.1) is 0 Å². The lowest BCUT2D eigenvalue weighted by Gasteiger charge is -2.26. The van der Waals surface area contributed by atoms with E-state index in [-0.39, 0.29) is 0 Å². The summed E-state index contributed by atoms with van der Waals surface area (Å²) in [5, 5.41) is 5.57. The summed E-state index contributed by atoms with van der Waals surface area (Å²) in [5.41, 5.74) is 13.8. The molecule has 0 unspecified atom stereocenters. The number of benzene rings is 7. The van der Waals surface area contributed by atoms with Gasteiger partial charge in [-0.2, -0.15) is 0 Å². The molecule has 0 aliphatic carbocycles. The van der Waals surface area contributed by atoms with E-state index < -0.39 is 0 Å². The highest BCUT2D eigenvalue weighted by molar-refractivity contribution is 6.07. The third-order valence-electron chi connectivity index (χ3n) is 10.7. The predicted molar refractivity (Wildman–Crippen MR) is 231 cm³/mol. The number of fused-ring (bicyclic) bond motifs is 6. The molecule has 56 heavy (non-hydrogen) atoms. The van der Waals surface area contributed by atoms with Gasteiger partial charge in [0.2, 0.25) is 0 Å². The molecule has 5 heteroatoms. The molecule has 0 radical (unpaired) electrons. The molecule has 0 fully saturated rings. The van der Waals surface area contributed by atoms with Crippen molar-refractivity contribution in [2.24, 2.45) is 0 Å². The maximum atomic E-state index is 6.33. The minimum atomic E-state index is 0.806. The first-order valence-electron chi connectivity index (χ1n) is 18.7. The predicted octanol–water partition coefficient (Wildman–Crippen LogP) is 13.7. The molecule has 5 nitrogen and oxygen atoms in total. The highest BCUT2D eigenvalue weighted by Crippen LogP contribution is 2.40. The second-order valence-corrected chi connectivity index (χ2v) is 14.1. The van der Waals surface area contributed by atoms with Crippen molar-refractivity contribution < 1.29 is 4.42 Å². The maximum absolute atomic E-state index is 6.33. The maximum Gasteiger partial charge on any atom is 0.161 e. The molecular weight excluding hydrogens is 685 g/mol. The number of anilines is 3. The van der Waals surface area contributed by atoms with Gasteiger partial charge in [0.25, 0.3) is 0 Å². The Bertz CT molecular complexity index is 3140. The number of pyridine rings is 3. The monoisotopic (exact) mass is 716 g/mol. The number of rotatable bonds is 6. The van der Waals surface area contributed by atoms with Gasteiger partial charge in [0.15, 0.2) is 5.58 Å². The molecule has 0 aliphatic rings. The van der Waals surface area contributed by atoms with E-state index in [2.05, 4.69) is 149 Å². The Balaban J connectivity index is 0.987. The second-order valence-electron chi connectivity index (χ2n) is 14.1. The third-order valence-corrected chi connectivity index (χ3v) is 10.7. The largest absolute Gasteiger partial charge is 0.454 e. The molecule has 0 bridgehead atoms. The molecule has 11 aromatic rings. The molecule has 262 valence electrons. The summed E-state index contributed by atoms with van der Waals surface area (Å²) in [6.45, 7) is 0. The van der Waals surface area contributed by atoms with Crippen LogP contribution >= 0.6 is 0 Å². The summed E-state index contributed by atoms with van der Waals surface area (Å²) in [6, 6.07) is 65.7. The van der Waals surface area contributed by atoms with Crippen molar-refractivity contribution in [3.8, 4) is 33.6 Å². The molecule has 0 aliphatic heterocycles. The van der Waals surface area contributed by atoms with Crippen LogP contribution in [0.1, 0.15) is 0 Å². The Hall–Kier alpha value is -7.63. The average Bonchev–Trinajstić information content (AvgIpc) is 3.66. The number of nitrogens with zero attached hydrogens (tertiary/aromatic N) is 4. The Morgan fingerprint density at radius 2 is 0.946 bits per heavy atom. The Labute approximate surface area is 322 Å². The van der Waals surface area contributed by atoms with E-state index in [0.717, 1.165) is 105 Å². The van der Waals surface area contributed by atoms with Crippen LogP contribution in [-0.2, 0) is 0 Å². The van der Waals surface area contributed by atoms with Crippen molar-refractivity contribution >= 4 is 71.7 Å². The first kappa shape index (κ1) is 31.9. The summed E-state index contributed by atoms with van der Waals surface area (Å²) in [5.74, 6) is 0. The zero-order valence-corrected chi connectivity index (χ0v) is 30.2. The lowest BCUT2D eigenvalue weighted by Crippen LogP contribution is -2.10. The summed E-state index contributed by atoms with van der Waals surface area (Å²) in [6.07, 6.45) is 1.87. The fourth-order valence-corrected chi connectivity index (χ4v) is 7.84. The SMILES string of the molecule is c1ccc2nc(-c3ccc(N(c4ccc(-c5ccc6ccccc6n5)cc4)c4ccc5cc(-c6ccnc7c6oc6ccccc67)ccc5c4)cc3)ccc2c1. The summed E-state index contributed by atoms with van der Waals surface area (Å²) in [4.78, 5) is 16.9. The molecule has 0 amide bonds. The molecule has 11 rings (SSSR count). The molecule has 0 saturated carbocycles. The van der Waals surface area contributed by atoms with Gasteiger partial charge in [0.05, 0.1) is 22.4 Å². The lowest BCUT2D eigenvalue weighted by atomic mass is 10.00. The molecule has 4 aromatic heterocycles. The average molecular weight is 717 g/mol. The quantitative estimate of drug-likeness (QED) is 0.171. The highest BCUT2D eigenvalue weighted by Gasteiger charge is 2.17. The summed E-state index contributed by atoms with van der Waals surface area (Å²) < 4.78 is 6.33. The van der Waals surface area contributed by atoms with Gasteiger partial charge < -0.3 is 9.32 Å². The molecule has 4 heterocycles. The van der Waals surface area contributed by atoms with Gasteiger partial charge in [0, 0.05) is 56.1 Å². The zero-order valence-electron chi connectivity index (χ0n) is 30.2. The molecule has 0 saturated heterocycles. The van der Waals surface area contributed by atoms with E-state index in [1.54, 1.807) is 0 Å². The van der Waals surface area contributed by atoms with Crippen molar-refractivity contribution in [2.75, 3.05) is 4.90 Å². The van der Waals surface area contributed by atoms with E-state index in [1.165, 1.54) is 0 Å². The lowest BCUT2D eigenvalue weighted by molar-refractivity contribution is 0.669. The van der Waals surface area contributed by atoms with Crippen LogP contribution in [0.25, 0.3) is 88.3 Å². The van der Waals surface area contributed by atoms with Crippen LogP contribution in [0.4, 0.5) is 17.1 Å². The van der Waals surface area contributed by atoms with Crippen LogP contribution in [-0.4, -0.2) is 15.0 Å². The van der Waals surface area contributed by atoms with Crippen LogP contribution in [0, 0.1) is 0 Å². The molecule has 0 atom stereocenters. The standard InChI is InChI=1S/C51H32N4O/c1-4-10-45-33(7-1)20-27-47(53-45)35-15-22-40(23-16-35)55(41-24-17-36(18-25-41)48-28-21-34-8-2-5-11-46(34)54-48)42-26-19-37-31-39(14-13-38(37)32-42)43-29-30-52-50-44-9-3-6-12-49(44)56-51(43)50/h1-32H. The third kappa shape index (κ3) is 5.53. The van der Waals surface area contributed by atoms with Gasteiger partial charge in [-0.05, 0) is 101 Å². The first-order chi connectivity index (χ1) is 27.7. The van der Waals surface area contributed by atoms with E-state index >= 15 is 0 Å². The van der Waals surface area contributed by atoms with E-state index in [0.29, 0.717) is 0 Å². The molecule has 0 spiro atoms. The first-order valence-corrected chi connectivity index (χ1v) is 18.7. The van der Waals surface area contributed by atoms with Crippen LogP contribution in [0.5, 0.6) is 0 Å². The number of hydrogen-bond donors (Lipinski definition) is 0. The van der Waals surface area contributed by atoms with Gasteiger partial charge in [-0.1, -0.05) is 103 Å². The number of hydrogen-bond acceptors (Lipinski definition) is 5. The van der Waals surface area contributed by atoms with Gasteiger partial charge in [-0.3, -0.25) is 4.98 Å². The van der Waals surface area contributed by atoms with Crippen LogP contribution < -0.4 is 4.90 Å². The van der Waals surface area contributed by atoms with Crippen LogP contribution in [0.15, 0.2) is 199 Å². The number of aromatic nitrogens is 3. The normalized spacial score (nSPS) is 11.6. The fourth-order valence-electron chi connectivity index (χ4n) is 7.84. The van der Waals surface area contributed by atoms with Crippen molar-refractivity contribution in [3.05, 3.63) is 194 Å². The van der Waals surface area contributed by atoms with Crippen molar-refractivity contribution in [1.29, 1.82) is 0 Å². The van der Waals surface area contributed by atoms with E-state index in [4.69, 9.17) is 14.4 Å². The second kappa shape index (κ2) is 13.0. The van der Waals surface area contributed by atoms with Crippen molar-refractivity contribution in [2.45, 2.75) is 0 Å². The Morgan fingerprint density at radius 1 is 0.411 bits per heavy atom. The Kier molecular flexibility index (Phi) is 7.42. The Morgan fingerprint density at radius 3 is 1.62 bits per heavy atom. The van der Waals surface area contributed by atoms with Gasteiger partial charge in [0.1, 0.15) is 11.1 Å². The molecule has 7 aromatic carbocycles. The van der Waals surface area contributed by atoms with Gasteiger partial charge in [-0.25, -0.2) is 9.97 Å². The number of furan rings is 1. The number of para-hydroxylation sites is 3. The zero-order chi connectivity index (χ0) is 37.0. The van der Waals surface area contributed by atoms with Crippen LogP contribution in [0.3, 0.4) is 0 Å². The smallest absolute Gasteiger partial charge is 0.161 e. The fraction of sp³-hybridized carbons (Fsp3) is 0. The minimum Gasteiger partial charge on any atom is -0.454 e. The minimum absolute atomic E-state index is 0.806. The summed E-state index contributed by atoms with van der Waals surface area (Å²) in [7, 11) is 0. The van der Waals surface area contributed by atoms with Crippen LogP contribution in [0.2, 0.25) is 0 Å². The van der Waals surface area contributed by atoms with Crippen molar-refractivity contribution in [1.82, 2.24) is 15.0 Å².